The molecule has 1 heterocycles. The molecule has 1 saturated heterocycles. The van der Waals surface area contributed by atoms with Crippen LogP contribution in [0.3, 0.4) is 0 Å². The lowest BCUT2D eigenvalue weighted by Gasteiger charge is -2.34. The first-order valence-electron chi connectivity index (χ1n) is 5.59. The maximum absolute atomic E-state index is 9.98. The van der Waals surface area contributed by atoms with Crippen LogP contribution in [0.1, 0.15) is 40.0 Å². The van der Waals surface area contributed by atoms with Crippen molar-refractivity contribution in [2.75, 3.05) is 6.54 Å². The molecule has 0 aromatic carbocycles. The molecular formula is C11H24N2O. The van der Waals surface area contributed by atoms with Gasteiger partial charge < -0.3 is 16.2 Å². The van der Waals surface area contributed by atoms with Crippen molar-refractivity contribution in [2.24, 2.45) is 11.7 Å². The highest BCUT2D eigenvalue weighted by molar-refractivity contribution is 4.87. The Balaban J connectivity index is 2.39. The summed E-state index contributed by atoms with van der Waals surface area (Å²) in [6.07, 6.45) is 2.64. The van der Waals surface area contributed by atoms with Crippen molar-refractivity contribution in [3.05, 3.63) is 0 Å². The summed E-state index contributed by atoms with van der Waals surface area (Å²) in [4.78, 5) is 0. The third-order valence-electron chi connectivity index (χ3n) is 2.90. The minimum Gasteiger partial charge on any atom is -0.391 e. The molecule has 1 aliphatic rings. The van der Waals surface area contributed by atoms with E-state index in [-0.39, 0.29) is 17.7 Å². The van der Waals surface area contributed by atoms with Gasteiger partial charge in [0.2, 0.25) is 0 Å². The van der Waals surface area contributed by atoms with E-state index >= 15 is 0 Å². The van der Waals surface area contributed by atoms with Crippen molar-refractivity contribution >= 4 is 0 Å². The molecule has 0 aromatic heterocycles. The fourth-order valence-corrected chi connectivity index (χ4v) is 2.12. The zero-order valence-corrected chi connectivity index (χ0v) is 9.59. The van der Waals surface area contributed by atoms with Crippen molar-refractivity contribution in [1.82, 2.24) is 5.32 Å². The average Bonchev–Trinajstić information content (AvgIpc) is 2.01. The highest BCUT2D eigenvalue weighted by Crippen LogP contribution is 2.20. The van der Waals surface area contributed by atoms with Crippen LogP contribution in [0.25, 0.3) is 0 Å². The van der Waals surface area contributed by atoms with Crippen LogP contribution in [0.5, 0.6) is 0 Å². The molecule has 0 radical (unpaired) electrons. The van der Waals surface area contributed by atoms with Gasteiger partial charge in [-0.05, 0) is 45.6 Å². The third kappa shape index (κ3) is 3.95. The van der Waals surface area contributed by atoms with Crippen molar-refractivity contribution in [3.63, 3.8) is 0 Å². The van der Waals surface area contributed by atoms with Crippen molar-refractivity contribution in [2.45, 2.75) is 57.7 Å². The maximum atomic E-state index is 9.98. The second-order valence-electron chi connectivity index (χ2n) is 5.45. The summed E-state index contributed by atoms with van der Waals surface area (Å²) in [6.45, 7) is 7.19. The van der Waals surface area contributed by atoms with Crippen LogP contribution in [0.4, 0.5) is 0 Å². The van der Waals surface area contributed by atoms with Crippen LogP contribution in [0.15, 0.2) is 0 Å². The molecule has 3 atom stereocenters. The molecule has 84 valence electrons. The topological polar surface area (TPSA) is 58.3 Å². The Morgan fingerprint density at radius 2 is 2.21 bits per heavy atom. The van der Waals surface area contributed by atoms with E-state index in [2.05, 4.69) is 12.2 Å². The lowest BCUT2D eigenvalue weighted by Crippen LogP contribution is -2.49. The molecule has 1 fully saturated rings. The van der Waals surface area contributed by atoms with E-state index in [1.165, 1.54) is 6.42 Å². The van der Waals surface area contributed by atoms with Gasteiger partial charge in [0.25, 0.3) is 0 Å². The Morgan fingerprint density at radius 1 is 1.57 bits per heavy atom. The molecule has 0 amide bonds. The van der Waals surface area contributed by atoms with Crippen LogP contribution < -0.4 is 11.1 Å². The van der Waals surface area contributed by atoms with Crippen LogP contribution >= 0.6 is 0 Å². The summed E-state index contributed by atoms with van der Waals surface area (Å²) in [5.41, 5.74) is 5.61. The van der Waals surface area contributed by atoms with Gasteiger partial charge in [0.15, 0.2) is 0 Å². The van der Waals surface area contributed by atoms with Gasteiger partial charge in [0, 0.05) is 11.6 Å². The largest absolute Gasteiger partial charge is 0.391 e. The molecule has 1 aliphatic heterocycles. The molecule has 0 saturated carbocycles. The van der Waals surface area contributed by atoms with Gasteiger partial charge in [0.1, 0.15) is 0 Å². The quantitative estimate of drug-likeness (QED) is 0.633. The number of aliphatic hydroxyl groups is 1. The lowest BCUT2D eigenvalue weighted by atomic mass is 9.86. The Morgan fingerprint density at radius 3 is 2.71 bits per heavy atom. The molecule has 3 unspecified atom stereocenters. The molecule has 14 heavy (non-hydrogen) atoms. The summed E-state index contributed by atoms with van der Waals surface area (Å²) < 4.78 is 0. The summed E-state index contributed by atoms with van der Waals surface area (Å²) in [7, 11) is 0. The summed E-state index contributed by atoms with van der Waals surface area (Å²) in [5, 5.41) is 13.4. The second-order valence-corrected chi connectivity index (χ2v) is 5.45. The number of piperidine rings is 1. The normalized spacial score (nSPS) is 31.5. The SMILES string of the molecule is CC1CCNC(C(O)CC(C)(C)N)C1. The Hall–Kier alpha value is -0.120. The number of nitrogens with two attached hydrogens (primary N) is 1. The van der Waals surface area contributed by atoms with E-state index < -0.39 is 0 Å². The molecule has 0 bridgehead atoms. The van der Waals surface area contributed by atoms with Crippen molar-refractivity contribution in [1.29, 1.82) is 0 Å². The standard InChI is InChI=1S/C11H24N2O/c1-8-4-5-13-9(6-8)10(14)7-11(2,3)12/h8-10,13-14H,4-7,12H2,1-3H3. The fraction of sp³-hybridized carbons (Fsp3) is 1.00. The molecule has 0 aliphatic carbocycles. The highest BCUT2D eigenvalue weighted by Gasteiger charge is 2.28. The predicted molar refractivity (Wildman–Crippen MR) is 59.1 cm³/mol. The van der Waals surface area contributed by atoms with E-state index in [0.717, 1.165) is 18.9 Å². The number of aliphatic hydroxyl groups excluding tert-OH is 1. The van der Waals surface area contributed by atoms with E-state index in [1.54, 1.807) is 0 Å². The molecule has 4 N–H and O–H groups in total. The van der Waals surface area contributed by atoms with Gasteiger partial charge in [-0.1, -0.05) is 6.92 Å². The van der Waals surface area contributed by atoms with Gasteiger partial charge in [-0.25, -0.2) is 0 Å². The zero-order valence-electron chi connectivity index (χ0n) is 9.59. The minimum atomic E-state index is -0.308. The van der Waals surface area contributed by atoms with E-state index in [4.69, 9.17) is 5.73 Å². The monoisotopic (exact) mass is 200 g/mol. The maximum Gasteiger partial charge on any atom is 0.0710 e. The average molecular weight is 200 g/mol. The first-order valence-corrected chi connectivity index (χ1v) is 5.59. The van der Waals surface area contributed by atoms with E-state index in [0.29, 0.717) is 6.42 Å². The van der Waals surface area contributed by atoms with Crippen molar-refractivity contribution in [3.8, 4) is 0 Å². The fourth-order valence-electron chi connectivity index (χ4n) is 2.12. The van der Waals surface area contributed by atoms with Crippen LogP contribution in [-0.4, -0.2) is 29.3 Å². The number of nitrogens with one attached hydrogen (secondary N) is 1. The Labute approximate surface area is 87.1 Å². The van der Waals surface area contributed by atoms with E-state index in [9.17, 15) is 5.11 Å². The highest BCUT2D eigenvalue weighted by atomic mass is 16.3. The zero-order chi connectivity index (χ0) is 10.8. The van der Waals surface area contributed by atoms with Gasteiger partial charge in [-0.2, -0.15) is 0 Å². The van der Waals surface area contributed by atoms with Gasteiger partial charge in [-0.3, -0.25) is 0 Å². The number of rotatable bonds is 3. The van der Waals surface area contributed by atoms with Gasteiger partial charge in [-0.15, -0.1) is 0 Å². The van der Waals surface area contributed by atoms with Crippen LogP contribution in [0.2, 0.25) is 0 Å². The number of hydrogen-bond acceptors (Lipinski definition) is 3. The third-order valence-corrected chi connectivity index (χ3v) is 2.90. The van der Waals surface area contributed by atoms with Crippen LogP contribution in [-0.2, 0) is 0 Å². The second kappa shape index (κ2) is 4.60. The van der Waals surface area contributed by atoms with Gasteiger partial charge in [0.05, 0.1) is 6.10 Å². The summed E-state index contributed by atoms with van der Waals surface area (Å²) in [5.74, 6) is 0.719. The first-order chi connectivity index (χ1) is 6.38. The van der Waals surface area contributed by atoms with Crippen molar-refractivity contribution < 1.29 is 5.11 Å². The molecule has 0 spiro atoms. The molecular weight excluding hydrogens is 176 g/mol. The van der Waals surface area contributed by atoms with Crippen LogP contribution in [0, 0.1) is 5.92 Å². The minimum absolute atomic E-state index is 0.238. The van der Waals surface area contributed by atoms with E-state index in [1.807, 2.05) is 13.8 Å². The lowest BCUT2D eigenvalue weighted by molar-refractivity contribution is 0.0773. The molecule has 1 rings (SSSR count). The summed E-state index contributed by atoms with van der Waals surface area (Å²) >= 11 is 0. The molecule has 0 aromatic rings. The molecule has 3 nitrogen and oxygen atoms in total. The molecule has 3 heteroatoms. The Kier molecular flexibility index (Phi) is 3.93. The van der Waals surface area contributed by atoms with Gasteiger partial charge >= 0.3 is 0 Å². The summed E-state index contributed by atoms with van der Waals surface area (Å²) in [6, 6.07) is 0.238. The Bertz CT molecular complexity index is 177. The number of hydrogen-bond donors (Lipinski definition) is 3. The smallest absolute Gasteiger partial charge is 0.0710 e. The first kappa shape index (κ1) is 12.0. The predicted octanol–water partition coefficient (Wildman–Crippen LogP) is 0.863.